The van der Waals surface area contributed by atoms with Crippen LogP contribution in [0.2, 0.25) is 0 Å². The summed E-state index contributed by atoms with van der Waals surface area (Å²) in [6.45, 7) is 11.1. The fourth-order valence-corrected chi connectivity index (χ4v) is 2.95. The number of nitrogens with zero attached hydrogens (tertiary/aromatic N) is 4. The number of hydrogen-bond donors (Lipinski definition) is 1. The minimum atomic E-state index is 0. The Morgan fingerprint density at radius 2 is 1.96 bits per heavy atom. The highest BCUT2D eigenvalue weighted by Crippen LogP contribution is 2.21. The number of piperazine rings is 1. The number of methoxy groups -OCH3 is 1. The van der Waals surface area contributed by atoms with Crippen molar-refractivity contribution >= 4 is 35.8 Å². The van der Waals surface area contributed by atoms with Crippen LogP contribution in [0.4, 0.5) is 5.82 Å². The van der Waals surface area contributed by atoms with Crippen molar-refractivity contribution in [3.8, 4) is 0 Å². The zero-order valence-electron chi connectivity index (χ0n) is 16.0. The van der Waals surface area contributed by atoms with E-state index in [1.807, 2.05) is 25.4 Å². The molecule has 0 spiro atoms. The normalized spacial score (nSPS) is 17.1. The van der Waals surface area contributed by atoms with Gasteiger partial charge in [-0.3, -0.25) is 4.99 Å². The van der Waals surface area contributed by atoms with Crippen LogP contribution in [0.15, 0.2) is 29.4 Å². The first-order chi connectivity index (χ1) is 11.5. The summed E-state index contributed by atoms with van der Waals surface area (Å²) in [4.78, 5) is 13.5. The van der Waals surface area contributed by atoms with E-state index in [1.54, 1.807) is 7.11 Å². The van der Waals surface area contributed by atoms with E-state index >= 15 is 0 Å². The van der Waals surface area contributed by atoms with E-state index in [0.29, 0.717) is 0 Å². The van der Waals surface area contributed by atoms with E-state index in [-0.39, 0.29) is 35.5 Å². The van der Waals surface area contributed by atoms with E-state index in [4.69, 9.17) is 4.74 Å². The second-order valence-electron chi connectivity index (χ2n) is 7.18. The number of anilines is 1. The van der Waals surface area contributed by atoms with Crippen LogP contribution < -0.4 is 10.2 Å². The Labute approximate surface area is 169 Å². The molecule has 1 atom stereocenters. The minimum absolute atomic E-state index is 0. The standard InChI is InChI=1S/C18H31N5O.HI/c1-18(2,3)15(24-5)14-21-17(19-4)23-12-10-22(11-13-23)16-8-6-7-9-20-16;/h6-9,15H,10-14H2,1-5H3,(H,19,21);1H. The van der Waals surface area contributed by atoms with Gasteiger partial charge in [0, 0.05) is 53.1 Å². The molecule has 1 unspecified atom stereocenters. The monoisotopic (exact) mass is 461 g/mol. The Morgan fingerprint density at radius 1 is 1.28 bits per heavy atom. The van der Waals surface area contributed by atoms with E-state index in [0.717, 1.165) is 44.5 Å². The van der Waals surface area contributed by atoms with Crippen LogP contribution in [0.3, 0.4) is 0 Å². The fourth-order valence-electron chi connectivity index (χ4n) is 2.95. The molecule has 142 valence electrons. The Kier molecular flexibility index (Phi) is 8.92. The first-order valence-corrected chi connectivity index (χ1v) is 8.60. The lowest BCUT2D eigenvalue weighted by atomic mass is 9.89. The molecule has 1 N–H and O–H groups in total. The third kappa shape index (κ3) is 6.29. The second-order valence-corrected chi connectivity index (χ2v) is 7.18. The first kappa shape index (κ1) is 22.0. The maximum absolute atomic E-state index is 5.62. The quantitative estimate of drug-likeness (QED) is 0.424. The molecule has 2 heterocycles. The highest BCUT2D eigenvalue weighted by molar-refractivity contribution is 14.0. The number of pyridine rings is 1. The molecule has 1 aromatic heterocycles. The molecule has 0 radical (unpaired) electrons. The molecule has 2 rings (SSSR count). The molecule has 0 amide bonds. The molecule has 1 aliphatic rings. The molecule has 6 nitrogen and oxygen atoms in total. The summed E-state index contributed by atoms with van der Waals surface area (Å²) in [5.41, 5.74) is 0.0955. The predicted molar refractivity (Wildman–Crippen MR) is 115 cm³/mol. The second kappa shape index (κ2) is 10.2. The van der Waals surface area contributed by atoms with E-state index in [2.05, 4.69) is 51.9 Å². The summed E-state index contributed by atoms with van der Waals surface area (Å²) in [7, 11) is 3.61. The maximum atomic E-state index is 5.62. The summed E-state index contributed by atoms with van der Waals surface area (Å²) in [6, 6.07) is 6.05. The molecule has 0 saturated carbocycles. The Morgan fingerprint density at radius 3 is 2.44 bits per heavy atom. The molecule has 0 aromatic carbocycles. The van der Waals surface area contributed by atoms with Crippen molar-refractivity contribution in [1.82, 2.24) is 15.2 Å². The number of nitrogens with one attached hydrogen (secondary N) is 1. The van der Waals surface area contributed by atoms with Gasteiger partial charge >= 0.3 is 0 Å². The lowest BCUT2D eigenvalue weighted by molar-refractivity contribution is 0.0201. The lowest BCUT2D eigenvalue weighted by Gasteiger charge is -2.38. The molecule has 1 aromatic rings. The van der Waals surface area contributed by atoms with Crippen molar-refractivity contribution in [2.45, 2.75) is 26.9 Å². The molecule has 7 heteroatoms. The van der Waals surface area contributed by atoms with Gasteiger partial charge in [0.05, 0.1) is 6.10 Å². The van der Waals surface area contributed by atoms with Gasteiger partial charge in [-0.25, -0.2) is 4.98 Å². The van der Waals surface area contributed by atoms with Gasteiger partial charge in [-0.2, -0.15) is 0 Å². The number of ether oxygens (including phenoxy) is 1. The summed E-state index contributed by atoms with van der Waals surface area (Å²) in [5, 5.41) is 3.47. The van der Waals surface area contributed by atoms with Gasteiger partial charge in [0.25, 0.3) is 0 Å². The summed E-state index contributed by atoms with van der Waals surface area (Å²) < 4.78 is 5.62. The summed E-state index contributed by atoms with van der Waals surface area (Å²) in [5.74, 6) is 1.99. The number of hydrogen-bond acceptors (Lipinski definition) is 4. The zero-order chi connectivity index (χ0) is 17.6. The third-order valence-corrected chi connectivity index (χ3v) is 4.46. The van der Waals surface area contributed by atoms with Gasteiger partial charge in [0.1, 0.15) is 5.82 Å². The summed E-state index contributed by atoms with van der Waals surface area (Å²) in [6.07, 6.45) is 1.99. The molecule has 1 fully saturated rings. The van der Waals surface area contributed by atoms with Crippen molar-refractivity contribution < 1.29 is 4.74 Å². The van der Waals surface area contributed by atoms with Gasteiger partial charge in [0.15, 0.2) is 5.96 Å². The van der Waals surface area contributed by atoms with Crippen molar-refractivity contribution in [3.63, 3.8) is 0 Å². The number of rotatable bonds is 4. The molecule has 0 aliphatic carbocycles. The Hall–Kier alpha value is -1.09. The van der Waals surface area contributed by atoms with Crippen molar-refractivity contribution in [3.05, 3.63) is 24.4 Å². The number of halogens is 1. The molecule has 1 saturated heterocycles. The molecule has 25 heavy (non-hydrogen) atoms. The molecule has 0 bridgehead atoms. The van der Waals surface area contributed by atoms with Gasteiger partial charge in [-0.1, -0.05) is 26.8 Å². The predicted octanol–water partition coefficient (Wildman–Crippen LogP) is 2.46. The van der Waals surface area contributed by atoms with Gasteiger partial charge in [-0.05, 0) is 17.5 Å². The fraction of sp³-hybridized carbons (Fsp3) is 0.667. The average Bonchev–Trinajstić information content (AvgIpc) is 2.59. The number of guanidine groups is 1. The van der Waals surface area contributed by atoms with Crippen molar-refractivity contribution in [2.24, 2.45) is 10.4 Å². The number of aliphatic imine (C=N–C) groups is 1. The third-order valence-electron chi connectivity index (χ3n) is 4.46. The van der Waals surface area contributed by atoms with Crippen molar-refractivity contribution in [2.75, 3.05) is 51.8 Å². The topological polar surface area (TPSA) is 53.0 Å². The van der Waals surface area contributed by atoms with Gasteiger partial charge < -0.3 is 19.9 Å². The van der Waals surface area contributed by atoms with E-state index in [9.17, 15) is 0 Å². The van der Waals surface area contributed by atoms with Crippen LogP contribution in [0.5, 0.6) is 0 Å². The lowest BCUT2D eigenvalue weighted by Crippen LogP contribution is -2.54. The smallest absolute Gasteiger partial charge is 0.193 e. The minimum Gasteiger partial charge on any atom is -0.379 e. The Balaban J connectivity index is 0.00000312. The maximum Gasteiger partial charge on any atom is 0.193 e. The molecular formula is C18H32IN5O. The zero-order valence-corrected chi connectivity index (χ0v) is 18.4. The highest BCUT2D eigenvalue weighted by atomic mass is 127. The van der Waals surface area contributed by atoms with Gasteiger partial charge in [0.2, 0.25) is 0 Å². The first-order valence-electron chi connectivity index (χ1n) is 8.60. The van der Waals surface area contributed by atoms with Gasteiger partial charge in [-0.15, -0.1) is 24.0 Å². The Bertz CT molecular complexity index is 524. The van der Waals surface area contributed by atoms with E-state index in [1.165, 1.54) is 0 Å². The number of aromatic nitrogens is 1. The van der Waals surface area contributed by atoms with Crippen LogP contribution in [0.1, 0.15) is 20.8 Å². The highest BCUT2D eigenvalue weighted by Gasteiger charge is 2.26. The van der Waals surface area contributed by atoms with E-state index < -0.39 is 0 Å². The van der Waals surface area contributed by atoms with Crippen LogP contribution in [-0.2, 0) is 4.74 Å². The van der Waals surface area contributed by atoms with Crippen LogP contribution in [0.25, 0.3) is 0 Å². The largest absolute Gasteiger partial charge is 0.379 e. The van der Waals surface area contributed by atoms with Crippen LogP contribution in [0, 0.1) is 5.41 Å². The average molecular weight is 461 g/mol. The summed E-state index contributed by atoms with van der Waals surface area (Å²) >= 11 is 0. The van der Waals surface area contributed by atoms with Crippen molar-refractivity contribution in [1.29, 1.82) is 0 Å². The van der Waals surface area contributed by atoms with Crippen LogP contribution >= 0.6 is 24.0 Å². The molecular weight excluding hydrogens is 429 g/mol. The molecule has 1 aliphatic heterocycles. The SMILES string of the molecule is CN=C(NCC(OC)C(C)(C)C)N1CCN(c2ccccn2)CC1.I. The van der Waals surface area contributed by atoms with Crippen LogP contribution in [-0.4, -0.2) is 68.8 Å².